The second kappa shape index (κ2) is 11.6. The van der Waals surface area contributed by atoms with Crippen LogP contribution in [0.25, 0.3) is 10.9 Å². The number of carbonyl (C=O) groups is 1. The Morgan fingerprint density at radius 2 is 2.18 bits per heavy atom. The Kier molecular flexibility index (Phi) is 8.37. The molecule has 0 saturated carbocycles. The molecule has 2 N–H and O–H groups in total. The van der Waals surface area contributed by atoms with Crippen LogP contribution in [0, 0.1) is 11.8 Å². The van der Waals surface area contributed by atoms with Gasteiger partial charge in [0.15, 0.2) is 0 Å². The van der Waals surface area contributed by atoms with Gasteiger partial charge < -0.3 is 19.8 Å². The predicted molar refractivity (Wildman–Crippen MR) is 133 cm³/mol. The lowest BCUT2D eigenvalue weighted by molar-refractivity contribution is -0.146. The number of hydrogen-bond acceptors (Lipinski definition) is 7. The number of methoxy groups -OCH3 is 1. The van der Waals surface area contributed by atoms with Crippen molar-refractivity contribution >= 4 is 28.6 Å². The van der Waals surface area contributed by atoms with E-state index in [2.05, 4.69) is 14.9 Å². The molecule has 34 heavy (non-hydrogen) atoms. The lowest BCUT2D eigenvalue weighted by Crippen LogP contribution is -2.44. The molecule has 3 atom stereocenters. The standard InChI is InChI=1S/C26H31N3O4S/c1-33-19-5-6-24-22(15-19)21(8-11-28-24)25(30)7-4-18-9-12-29(17-23(18)26(31)32)13-14-34-20-3-2-10-27-16-20/h2-3,5-6,8,10-11,15-16,18,23,25,30H,4,7,9,12-14,17H2,1H3,(H,31,32). The number of nitrogens with zero attached hydrogens (tertiary/aromatic N) is 3. The molecule has 4 rings (SSSR count). The van der Waals surface area contributed by atoms with E-state index in [-0.39, 0.29) is 5.92 Å². The van der Waals surface area contributed by atoms with Crippen LogP contribution >= 0.6 is 11.8 Å². The monoisotopic (exact) mass is 481 g/mol. The average molecular weight is 482 g/mol. The third-order valence-corrected chi connectivity index (χ3v) is 7.58. The number of carboxylic acid groups (broad SMARTS) is 1. The number of rotatable bonds is 10. The van der Waals surface area contributed by atoms with E-state index in [1.54, 1.807) is 31.3 Å². The highest BCUT2D eigenvalue weighted by Crippen LogP contribution is 2.34. The zero-order valence-corrected chi connectivity index (χ0v) is 20.2. The number of pyridine rings is 2. The van der Waals surface area contributed by atoms with Gasteiger partial charge in [-0.2, -0.15) is 0 Å². The quantitative estimate of drug-likeness (QED) is 0.415. The van der Waals surface area contributed by atoms with Crippen molar-refractivity contribution in [3.63, 3.8) is 0 Å². The summed E-state index contributed by atoms with van der Waals surface area (Å²) < 4.78 is 5.33. The number of piperidine rings is 1. The number of ether oxygens (including phenoxy) is 1. The molecule has 2 aromatic heterocycles. The first-order valence-corrected chi connectivity index (χ1v) is 12.6. The van der Waals surface area contributed by atoms with Crippen LogP contribution in [0.1, 0.15) is 30.9 Å². The minimum Gasteiger partial charge on any atom is -0.497 e. The fourth-order valence-electron chi connectivity index (χ4n) is 4.71. The summed E-state index contributed by atoms with van der Waals surface area (Å²) in [7, 11) is 1.61. The topological polar surface area (TPSA) is 95.8 Å². The molecule has 0 radical (unpaired) electrons. The van der Waals surface area contributed by atoms with Crippen molar-refractivity contribution in [2.45, 2.75) is 30.3 Å². The van der Waals surface area contributed by atoms with Crippen LogP contribution < -0.4 is 4.74 Å². The van der Waals surface area contributed by atoms with Crippen molar-refractivity contribution in [2.24, 2.45) is 11.8 Å². The molecule has 3 unspecified atom stereocenters. The smallest absolute Gasteiger partial charge is 0.308 e. The van der Waals surface area contributed by atoms with Gasteiger partial charge in [0.05, 0.1) is 24.6 Å². The first-order valence-electron chi connectivity index (χ1n) is 11.6. The molecule has 0 bridgehead atoms. The summed E-state index contributed by atoms with van der Waals surface area (Å²) in [5.74, 6) is 0.507. The largest absolute Gasteiger partial charge is 0.497 e. The van der Waals surface area contributed by atoms with Gasteiger partial charge in [-0.1, -0.05) is 0 Å². The van der Waals surface area contributed by atoms with E-state index >= 15 is 0 Å². The van der Waals surface area contributed by atoms with Gasteiger partial charge in [-0.3, -0.25) is 14.8 Å². The first kappa shape index (κ1) is 24.4. The normalized spacial score (nSPS) is 19.7. The molecule has 1 fully saturated rings. The fourth-order valence-corrected chi connectivity index (χ4v) is 5.61. The van der Waals surface area contributed by atoms with Crippen LogP contribution in [0.3, 0.4) is 0 Å². The van der Waals surface area contributed by atoms with Crippen LogP contribution in [0.15, 0.2) is 59.9 Å². The van der Waals surface area contributed by atoms with E-state index in [4.69, 9.17) is 4.74 Å². The van der Waals surface area contributed by atoms with Crippen molar-refractivity contribution < 1.29 is 19.7 Å². The van der Waals surface area contributed by atoms with Gasteiger partial charge in [0.25, 0.3) is 0 Å². The van der Waals surface area contributed by atoms with Gasteiger partial charge >= 0.3 is 5.97 Å². The SMILES string of the molecule is COc1ccc2nccc(C(O)CCC3CCN(CCSc4cccnc4)CC3C(=O)O)c2c1. The molecule has 0 amide bonds. The molecule has 7 nitrogen and oxygen atoms in total. The zero-order valence-electron chi connectivity index (χ0n) is 19.3. The van der Waals surface area contributed by atoms with Crippen molar-refractivity contribution in [2.75, 3.05) is 32.5 Å². The number of carboxylic acids is 1. The highest BCUT2D eigenvalue weighted by molar-refractivity contribution is 7.99. The second-order valence-electron chi connectivity index (χ2n) is 8.71. The molecule has 1 saturated heterocycles. The summed E-state index contributed by atoms with van der Waals surface area (Å²) in [6, 6.07) is 11.4. The Morgan fingerprint density at radius 1 is 1.29 bits per heavy atom. The van der Waals surface area contributed by atoms with E-state index in [1.165, 1.54) is 0 Å². The number of likely N-dealkylation sites (tertiary alicyclic amines) is 1. The summed E-state index contributed by atoms with van der Waals surface area (Å²) in [6.07, 6.45) is 6.65. The highest BCUT2D eigenvalue weighted by atomic mass is 32.2. The number of fused-ring (bicyclic) bond motifs is 1. The summed E-state index contributed by atoms with van der Waals surface area (Å²) in [6.45, 7) is 2.29. The van der Waals surface area contributed by atoms with Crippen molar-refractivity contribution in [1.82, 2.24) is 14.9 Å². The molecule has 0 spiro atoms. The number of aliphatic hydroxyl groups excluding tert-OH is 1. The van der Waals surface area contributed by atoms with Crippen molar-refractivity contribution in [3.8, 4) is 5.75 Å². The van der Waals surface area contributed by atoms with Gasteiger partial charge in [-0.15, -0.1) is 11.8 Å². The summed E-state index contributed by atoms with van der Waals surface area (Å²) in [5, 5.41) is 21.7. The second-order valence-corrected chi connectivity index (χ2v) is 9.88. The number of thioether (sulfide) groups is 1. The van der Waals surface area contributed by atoms with Gasteiger partial charge in [-0.25, -0.2) is 0 Å². The van der Waals surface area contributed by atoms with Gasteiger partial charge in [0.2, 0.25) is 0 Å². The van der Waals surface area contributed by atoms with Gasteiger partial charge in [-0.05, 0) is 73.7 Å². The third-order valence-electron chi connectivity index (χ3n) is 6.62. The van der Waals surface area contributed by atoms with Gasteiger partial charge in [0, 0.05) is 47.7 Å². The minimum absolute atomic E-state index is 0.0528. The Balaban J connectivity index is 1.34. The maximum atomic E-state index is 12.0. The Hall–Kier alpha value is -2.68. The molecular weight excluding hydrogens is 450 g/mol. The van der Waals surface area contributed by atoms with E-state index < -0.39 is 18.0 Å². The Labute approximate surface area is 204 Å². The number of aliphatic carboxylic acids is 1. The molecule has 1 aliphatic rings. The summed E-state index contributed by atoms with van der Waals surface area (Å²) in [4.78, 5) is 23.9. The summed E-state index contributed by atoms with van der Waals surface area (Å²) in [5.41, 5.74) is 1.61. The number of aromatic nitrogens is 2. The average Bonchev–Trinajstić information content (AvgIpc) is 2.87. The molecule has 1 aliphatic heterocycles. The first-order chi connectivity index (χ1) is 16.5. The van der Waals surface area contributed by atoms with Crippen molar-refractivity contribution in [1.29, 1.82) is 0 Å². The fraction of sp³-hybridized carbons (Fsp3) is 0.423. The molecule has 1 aromatic carbocycles. The van der Waals surface area contributed by atoms with Crippen molar-refractivity contribution in [3.05, 3.63) is 60.6 Å². The maximum Gasteiger partial charge on any atom is 0.308 e. The molecule has 0 aliphatic carbocycles. The molecule has 3 heterocycles. The van der Waals surface area contributed by atoms with Gasteiger partial charge in [0.1, 0.15) is 5.75 Å². The highest BCUT2D eigenvalue weighted by Gasteiger charge is 2.34. The Morgan fingerprint density at radius 3 is 2.94 bits per heavy atom. The molecule has 3 aromatic rings. The molecule has 180 valence electrons. The van der Waals surface area contributed by atoms with E-state index in [0.717, 1.165) is 46.6 Å². The number of aliphatic hydroxyl groups is 1. The lowest BCUT2D eigenvalue weighted by atomic mass is 9.81. The van der Waals surface area contributed by atoms with E-state index in [0.29, 0.717) is 25.1 Å². The van der Waals surface area contributed by atoms with E-state index in [9.17, 15) is 15.0 Å². The lowest BCUT2D eigenvalue weighted by Gasteiger charge is -2.37. The van der Waals surface area contributed by atoms with Crippen LogP contribution in [0.2, 0.25) is 0 Å². The maximum absolute atomic E-state index is 12.0. The zero-order chi connectivity index (χ0) is 23.9. The number of benzene rings is 1. The minimum atomic E-state index is -0.747. The molecular formula is C26H31N3O4S. The number of hydrogen-bond donors (Lipinski definition) is 2. The third kappa shape index (κ3) is 6.05. The van der Waals surface area contributed by atoms with Crippen LogP contribution in [-0.2, 0) is 4.79 Å². The van der Waals surface area contributed by atoms with Crippen LogP contribution in [0.5, 0.6) is 5.75 Å². The predicted octanol–water partition coefficient (Wildman–Crippen LogP) is 4.27. The van der Waals surface area contributed by atoms with Crippen LogP contribution in [-0.4, -0.2) is 63.5 Å². The van der Waals surface area contributed by atoms with E-state index in [1.807, 2.05) is 42.6 Å². The Bertz CT molecular complexity index is 1100. The molecule has 8 heteroatoms. The van der Waals surface area contributed by atoms with Crippen LogP contribution in [0.4, 0.5) is 0 Å². The summed E-state index contributed by atoms with van der Waals surface area (Å²) >= 11 is 1.74.